The van der Waals surface area contributed by atoms with Crippen LogP contribution in [0.25, 0.3) is 0 Å². The standard InChI is InChI=1S/C17H20N6O.C2HF3O2/c18-9-6-17(7-10-20-11-8-17)23-12-14(15(19)24)16(22-23)21-13-4-2-1-3-5-13;3-2(4,5)1(6)7/h1-5,12,20H,6-8,10-11H2,(H2,19,24)(H,21,22);(H,6,7). The highest BCUT2D eigenvalue weighted by atomic mass is 19.4. The summed E-state index contributed by atoms with van der Waals surface area (Å²) in [5.74, 6) is -3.11. The first kappa shape index (κ1) is 23.7. The maximum atomic E-state index is 11.8. The van der Waals surface area contributed by atoms with E-state index in [0.29, 0.717) is 17.8 Å². The molecule has 0 unspecified atom stereocenters. The van der Waals surface area contributed by atoms with Crippen LogP contribution >= 0.6 is 0 Å². The van der Waals surface area contributed by atoms with Crippen molar-refractivity contribution in [2.45, 2.75) is 31.0 Å². The molecule has 1 saturated heterocycles. The number of aliphatic carboxylic acids is 1. The third kappa shape index (κ3) is 6.19. The Hall–Kier alpha value is -3.59. The molecule has 2 aromatic rings. The van der Waals surface area contributed by atoms with Gasteiger partial charge in [-0.05, 0) is 12.1 Å². The van der Waals surface area contributed by atoms with E-state index in [2.05, 4.69) is 21.8 Å². The third-order valence-electron chi connectivity index (χ3n) is 4.77. The largest absolute Gasteiger partial charge is 0.542 e. The lowest BCUT2D eigenvalue weighted by molar-refractivity contribution is -0.667. The number of nitriles is 1. The molecule has 1 aliphatic rings. The lowest BCUT2D eigenvalue weighted by atomic mass is 9.86. The molecule has 12 heteroatoms. The van der Waals surface area contributed by atoms with Gasteiger partial charge in [0, 0.05) is 24.7 Å². The highest BCUT2D eigenvalue weighted by molar-refractivity contribution is 5.98. The number of hydrogen-bond donors (Lipinski definition) is 3. The number of para-hydroxylation sites is 1. The van der Waals surface area contributed by atoms with Crippen LogP contribution < -0.4 is 21.5 Å². The maximum absolute atomic E-state index is 11.8. The number of carboxylic acids is 1. The summed E-state index contributed by atoms with van der Waals surface area (Å²) in [6.45, 7) is 1.88. The molecule has 1 aromatic carbocycles. The Morgan fingerprint density at radius 1 is 1.29 bits per heavy atom. The number of piperidine rings is 1. The van der Waals surface area contributed by atoms with Gasteiger partial charge in [0.15, 0.2) is 5.82 Å². The smallest absolute Gasteiger partial charge is 0.430 e. The van der Waals surface area contributed by atoms with Crippen molar-refractivity contribution >= 4 is 23.4 Å². The Labute approximate surface area is 175 Å². The van der Waals surface area contributed by atoms with Gasteiger partial charge in [0.05, 0.1) is 31.1 Å². The molecular weight excluding hydrogens is 417 g/mol. The zero-order chi connectivity index (χ0) is 23.1. The van der Waals surface area contributed by atoms with E-state index in [9.17, 15) is 23.2 Å². The number of nitrogens with zero attached hydrogens (tertiary/aromatic N) is 3. The van der Waals surface area contributed by atoms with Gasteiger partial charge in [-0.1, -0.05) is 18.2 Å². The van der Waals surface area contributed by atoms with Gasteiger partial charge in [0.1, 0.15) is 11.5 Å². The first-order chi connectivity index (χ1) is 14.6. The predicted molar refractivity (Wildman–Crippen MR) is 101 cm³/mol. The van der Waals surface area contributed by atoms with Gasteiger partial charge in [0.2, 0.25) is 0 Å². The molecule has 0 atom stereocenters. The Bertz CT molecular complexity index is 947. The Morgan fingerprint density at radius 2 is 1.87 bits per heavy atom. The fourth-order valence-corrected chi connectivity index (χ4v) is 3.19. The number of hydrogen-bond acceptors (Lipinski definition) is 6. The molecule has 3 rings (SSSR count). The van der Waals surface area contributed by atoms with Gasteiger partial charge in [-0.25, -0.2) is 0 Å². The summed E-state index contributed by atoms with van der Waals surface area (Å²) in [5.41, 5.74) is 6.32. The van der Waals surface area contributed by atoms with E-state index in [-0.39, 0.29) is 5.54 Å². The van der Waals surface area contributed by atoms with E-state index in [4.69, 9.17) is 15.6 Å². The zero-order valence-electron chi connectivity index (χ0n) is 16.4. The zero-order valence-corrected chi connectivity index (χ0v) is 16.4. The summed E-state index contributed by atoms with van der Waals surface area (Å²) >= 11 is 0. The fourth-order valence-electron chi connectivity index (χ4n) is 3.19. The number of carbonyl (C=O) groups excluding carboxylic acids is 2. The maximum Gasteiger partial charge on any atom is 0.430 e. The first-order valence-electron chi connectivity index (χ1n) is 9.28. The minimum Gasteiger partial charge on any atom is -0.542 e. The molecule has 9 nitrogen and oxygen atoms in total. The second kappa shape index (κ2) is 9.94. The molecule has 0 radical (unpaired) electrons. The second-order valence-electron chi connectivity index (χ2n) is 6.90. The van der Waals surface area contributed by atoms with Crippen LogP contribution in [0.3, 0.4) is 0 Å². The number of carboxylic acid groups (broad SMARTS) is 1. The van der Waals surface area contributed by atoms with Gasteiger partial charge in [-0.3, -0.25) is 9.48 Å². The number of nitrogens with one attached hydrogen (secondary N) is 1. The second-order valence-corrected chi connectivity index (χ2v) is 6.90. The highest BCUT2D eigenvalue weighted by Crippen LogP contribution is 2.31. The van der Waals surface area contributed by atoms with Crippen LogP contribution in [0, 0.1) is 11.3 Å². The van der Waals surface area contributed by atoms with Crippen molar-refractivity contribution in [1.82, 2.24) is 9.78 Å². The molecule has 0 saturated carbocycles. The number of rotatable bonds is 5. The number of anilines is 2. The van der Waals surface area contributed by atoms with Crippen molar-refractivity contribution in [3.63, 3.8) is 0 Å². The number of alkyl halides is 3. The molecule has 31 heavy (non-hydrogen) atoms. The van der Waals surface area contributed by atoms with Gasteiger partial charge in [-0.2, -0.15) is 23.5 Å². The van der Waals surface area contributed by atoms with E-state index in [1.807, 2.05) is 30.3 Å². The van der Waals surface area contributed by atoms with Gasteiger partial charge in [0.25, 0.3) is 5.91 Å². The molecule has 1 fully saturated rings. The van der Waals surface area contributed by atoms with Crippen molar-refractivity contribution in [3.8, 4) is 6.07 Å². The number of halogens is 3. The van der Waals surface area contributed by atoms with E-state index in [1.165, 1.54) is 0 Å². The number of aromatic nitrogens is 2. The number of amides is 1. The van der Waals surface area contributed by atoms with E-state index >= 15 is 0 Å². The molecule has 1 amide bonds. The Morgan fingerprint density at radius 3 is 2.35 bits per heavy atom. The van der Waals surface area contributed by atoms with Crippen LogP contribution in [0.4, 0.5) is 24.7 Å². The molecule has 0 bridgehead atoms. The fraction of sp³-hybridized carbons (Fsp3) is 0.368. The summed E-state index contributed by atoms with van der Waals surface area (Å²) in [5, 5.41) is 28.0. The SMILES string of the molecule is N#CCC1(n2cc(C(N)=O)c(Nc3ccccc3)n2)CC[NH2+]CC1.O=C([O-])C(F)(F)F. The van der Waals surface area contributed by atoms with E-state index in [0.717, 1.165) is 31.6 Å². The van der Waals surface area contributed by atoms with Crippen LogP contribution in [0.1, 0.15) is 29.6 Å². The van der Waals surface area contributed by atoms with Crippen molar-refractivity contribution < 1.29 is 33.2 Å². The van der Waals surface area contributed by atoms with Crippen LogP contribution in [0.5, 0.6) is 0 Å². The molecule has 1 aromatic heterocycles. The minimum absolute atomic E-state index is 0.339. The molecule has 0 spiro atoms. The van der Waals surface area contributed by atoms with E-state index in [1.54, 1.807) is 10.9 Å². The van der Waals surface area contributed by atoms with Crippen LogP contribution in [-0.2, 0) is 10.3 Å². The molecule has 166 valence electrons. The third-order valence-corrected chi connectivity index (χ3v) is 4.77. The normalized spacial score (nSPS) is 15.2. The summed E-state index contributed by atoms with van der Waals surface area (Å²) in [6, 6.07) is 11.8. The molecule has 1 aliphatic heterocycles. The number of nitrogens with two attached hydrogens (primary N) is 2. The summed E-state index contributed by atoms with van der Waals surface area (Å²) in [6.07, 6.45) is -1.47. The van der Waals surface area contributed by atoms with Crippen molar-refractivity contribution in [1.29, 1.82) is 5.26 Å². The van der Waals surface area contributed by atoms with Crippen LogP contribution in [-0.4, -0.2) is 40.9 Å². The lowest BCUT2D eigenvalue weighted by Gasteiger charge is -2.34. The summed E-state index contributed by atoms with van der Waals surface area (Å²) in [7, 11) is 0. The van der Waals surface area contributed by atoms with Crippen molar-refractivity contribution in [3.05, 3.63) is 42.1 Å². The van der Waals surface area contributed by atoms with Crippen molar-refractivity contribution in [2.75, 3.05) is 18.4 Å². The van der Waals surface area contributed by atoms with Gasteiger partial charge >= 0.3 is 6.18 Å². The summed E-state index contributed by atoms with van der Waals surface area (Å²) in [4.78, 5) is 20.6. The predicted octanol–water partition coefficient (Wildman–Crippen LogP) is -0.00962. The monoisotopic (exact) mass is 438 g/mol. The molecule has 2 heterocycles. The van der Waals surface area contributed by atoms with Crippen molar-refractivity contribution in [2.24, 2.45) is 5.73 Å². The first-order valence-corrected chi connectivity index (χ1v) is 9.28. The molecule has 5 N–H and O–H groups in total. The van der Waals surface area contributed by atoms with Gasteiger partial charge in [-0.15, -0.1) is 0 Å². The van der Waals surface area contributed by atoms with Crippen LogP contribution in [0.2, 0.25) is 0 Å². The average Bonchev–Trinajstić information content (AvgIpc) is 3.14. The lowest BCUT2D eigenvalue weighted by Crippen LogP contribution is -2.87. The average molecular weight is 438 g/mol. The minimum atomic E-state index is -5.19. The Balaban J connectivity index is 0.000000423. The number of carbonyl (C=O) groups is 2. The topological polar surface area (TPSA) is 153 Å². The van der Waals surface area contributed by atoms with Crippen LogP contribution in [0.15, 0.2) is 36.5 Å². The van der Waals surface area contributed by atoms with Gasteiger partial charge < -0.3 is 26.3 Å². The number of benzene rings is 1. The van der Waals surface area contributed by atoms with E-state index < -0.39 is 18.1 Å². The molecular formula is C19H21F3N6O3. The quantitative estimate of drug-likeness (QED) is 0.597. The summed E-state index contributed by atoms with van der Waals surface area (Å²) < 4.78 is 33.3. The Kier molecular flexibility index (Phi) is 7.60. The molecule has 0 aliphatic carbocycles. The highest BCUT2D eigenvalue weighted by Gasteiger charge is 2.37. The number of quaternary nitrogens is 1. The number of primary amides is 1.